The van der Waals surface area contributed by atoms with Gasteiger partial charge in [0.1, 0.15) is 5.82 Å². The van der Waals surface area contributed by atoms with Crippen molar-refractivity contribution < 1.29 is 25.8 Å². The first kappa shape index (κ1) is 39.7. The third kappa shape index (κ3) is 6.93. The molecule has 0 amide bonds. The van der Waals surface area contributed by atoms with Crippen LogP contribution in [0, 0.1) is 18.8 Å². The number of benzene rings is 6. The SMILES string of the molecule is CC(C)(C)c1cc(Oc2[c-]c3c(cc2)c2ccccc2n3-c2cc(C(C)(C)C)ccn2)[c-]c(N2C=CN(c3cc4c5c(c3)Sc3ccccc3N5c3ccccc3S4)[CH-]2)c1.[Pt]. The van der Waals surface area contributed by atoms with Crippen molar-refractivity contribution in [1.29, 1.82) is 0 Å². The summed E-state index contributed by atoms with van der Waals surface area (Å²) in [5, 5.41) is 2.25. The van der Waals surface area contributed by atoms with Crippen LogP contribution in [0.4, 0.5) is 28.4 Å². The smallest absolute Gasteiger partial charge is 0.135 e. The molecule has 0 fully saturated rings. The fourth-order valence-electron chi connectivity index (χ4n) is 8.26. The molecule has 61 heavy (non-hydrogen) atoms. The van der Waals surface area contributed by atoms with Crippen LogP contribution in [0.2, 0.25) is 0 Å². The van der Waals surface area contributed by atoms with Crippen molar-refractivity contribution in [2.75, 3.05) is 14.7 Å². The van der Waals surface area contributed by atoms with Crippen LogP contribution in [-0.2, 0) is 31.9 Å². The van der Waals surface area contributed by atoms with Gasteiger partial charge >= 0.3 is 0 Å². The normalized spacial score (nSPS) is 14.2. The molecular weight excluding hydrogens is 970 g/mol. The minimum absolute atomic E-state index is 0. The van der Waals surface area contributed by atoms with Gasteiger partial charge in [-0.05, 0) is 88.8 Å². The number of rotatable bonds is 5. The number of nitrogens with zero attached hydrogens (tertiary/aromatic N) is 5. The summed E-state index contributed by atoms with van der Waals surface area (Å²) in [6.07, 6.45) is 6.12. The quantitative estimate of drug-likeness (QED) is 0.159. The molecule has 0 spiro atoms. The molecule has 0 aliphatic carbocycles. The van der Waals surface area contributed by atoms with E-state index in [0.29, 0.717) is 11.5 Å². The summed E-state index contributed by atoms with van der Waals surface area (Å²) in [6, 6.07) is 50.5. The first-order valence-electron chi connectivity index (χ1n) is 20.3. The fourth-order valence-corrected chi connectivity index (χ4v) is 10.6. The minimum atomic E-state index is -0.136. The van der Waals surface area contributed by atoms with Crippen molar-refractivity contribution in [3.8, 4) is 17.3 Å². The van der Waals surface area contributed by atoms with E-state index in [1.54, 1.807) is 0 Å². The predicted octanol–water partition coefficient (Wildman–Crippen LogP) is 14.5. The van der Waals surface area contributed by atoms with Crippen molar-refractivity contribution in [3.05, 3.63) is 170 Å². The van der Waals surface area contributed by atoms with Gasteiger partial charge in [0, 0.05) is 69.5 Å². The number of pyridine rings is 1. The maximum Gasteiger partial charge on any atom is 0.135 e. The van der Waals surface area contributed by atoms with E-state index < -0.39 is 0 Å². The Balaban J connectivity index is 0.00000445. The zero-order chi connectivity index (χ0) is 40.9. The number of para-hydroxylation sites is 3. The predicted molar refractivity (Wildman–Crippen MR) is 248 cm³/mol. The van der Waals surface area contributed by atoms with Gasteiger partial charge in [-0.3, -0.25) is 0 Å². The molecule has 0 saturated heterocycles. The Labute approximate surface area is 380 Å². The Morgan fingerprint density at radius 3 is 1.97 bits per heavy atom. The summed E-state index contributed by atoms with van der Waals surface area (Å²) < 4.78 is 8.93. The number of hydrogen-bond donors (Lipinski definition) is 0. The fraction of sp³-hybridized carbons (Fsp3) is 0.154. The van der Waals surface area contributed by atoms with Crippen molar-refractivity contribution in [1.82, 2.24) is 9.55 Å². The van der Waals surface area contributed by atoms with Crippen LogP contribution in [-0.4, -0.2) is 9.55 Å². The first-order valence-corrected chi connectivity index (χ1v) is 21.9. The molecule has 3 aliphatic heterocycles. The number of aromatic nitrogens is 2. The summed E-state index contributed by atoms with van der Waals surface area (Å²) >= 11 is 3.68. The second kappa shape index (κ2) is 14.9. The standard InChI is InChI=1S/C52H42N5OS2.Pt/c1-51(2,3)33-21-22-53-49(27-33)56-41-14-8-7-13-39(41)40-20-19-37(31-44(40)56)58-38-26-34(52(4,5)6)25-35(28-38)54-23-24-55(32-54)36-29-47-50-48(30-36)60-46-18-12-10-16-43(46)57(50)42-15-9-11-17-45(42)59-47;/h7-27,29-30,32H,1-6H3;/q-3;. The molecule has 0 bridgehead atoms. The molecule has 306 valence electrons. The van der Waals surface area contributed by atoms with Gasteiger partial charge in [-0.15, -0.1) is 53.6 Å². The van der Waals surface area contributed by atoms with Crippen LogP contribution < -0.4 is 19.4 Å². The third-order valence-electron chi connectivity index (χ3n) is 11.4. The van der Waals surface area contributed by atoms with Gasteiger partial charge in [-0.25, -0.2) is 4.98 Å². The van der Waals surface area contributed by atoms with Crippen molar-refractivity contribution in [2.24, 2.45) is 0 Å². The number of anilines is 5. The van der Waals surface area contributed by atoms with Crippen molar-refractivity contribution in [3.63, 3.8) is 0 Å². The minimum Gasteiger partial charge on any atom is -0.509 e. The molecule has 8 aromatic rings. The number of hydrogen-bond acceptors (Lipinski definition) is 7. The molecule has 0 N–H and O–H groups in total. The molecular formula is C52H42N5OPtS2-3. The Kier molecular flexibility index (Phi) is 9.70. The molecule has 6 nitrogen and oxygen atoms in total. The Bertz CT molecular complexity index is 3000. The van der Waals surface area contributed by atoms with E-state index in [1.807, 2.05) is 35.8 Å². The summed E-state index contributed by atoms with van der Waals surface area (Å²) in [5.41, 5.74) is 9.92. The molecule has 2 aromatic heterocycles. The van der Waals surface area contributed by atoms with Gasteiger partial charge in [0.15, 0.2) is 0 Å². The summed E-state index contributed by atoms with van der Waals surface area (Å²) in [5.74, 6) is 2.11. The molecule has 0 saturated carbocycles. The van der Waals surface area contributed by atoms with Gasteiger partial charge in [-0.1, -0.05) is 113 Å². The third-order valence-corrected chi connectivity index (χ3v) is 13.6. The summed E-state index contributed by atoms with van der Waals surface area (Å²) in [6.45, 7) is 15.5. The van der Waals surface area contributed by atoms with Crippen molar-refractivity contribution in [2.45, 2.75) is 72.0 Å². The van der Waals surface area contributed by atoms with Crippen LogP contribution in [0.3, 0.4) is 0 Å². The second-order valence-corrected chi connectivity index (χ2v) is 19.7. The molecule has 11 rings (SSSR count). The second-order valence-electron chi connectivity index (χ2n) is 17.6. The van der Waals surface area contributed by atoms with E-state index in [0.717, 1.165) is 44.6 Å². The summed E-state index contributed by atoms with van der Waals surface area (Å²) in [4.78, 5) is 16.6. The van der Waals surface area contributed by atoms with Gasteiger partial charge in [0.05, 0.1) is 17.1 Å². The van der Waals surface area contributed by atoms with Gasteiger partial charge < -0.3 is 24.0 Å². The van der Waals surface area contributed by atoms with E-state index in [4.69, 9.17) is 9.72 Å². The Morgan fingerprint density at radius 2 is 1.26 bits per heavy atom. The Morgan fingerprint density at radius 1 is 0.607 bits per heavy atom. The molecule has 9 heteroatoms. The zero-order valence-electron chi connectivity index (χ0n) is 34.6. The van der Waals surface area contributed by atoms with Crippen LogP contribution in [0.25, 0.3) is 27.6 Å². The van der Waals surface area contributed by atoms with Crippen LogP contribution in [0.5, 0.6) is 11.5 Å². The van der Waals surface area contributed by atoms with Gasteiger partial charge in [0.2, 0.25) is 0 Å². The first-order chi connectivity index (χ1) is 29.0. The average Bonchev–Trinajstić information content (AvgIpc) is 3.86. The van der Waals surface area contributed by atoms with E-state index in [-0.39, 0.29) is 31.9 Å². The summed E-state index contributed by atoms with van der Waals surface area (Å²) in [7, 11) is 0. The average molecular weight is 1010 g/mol. The van der Waals surface area contributed by atoms with E-state index in [1.165, 1.54) is 42.2 Å². The largest absolute Gasteiger partial charge is 0.509 e. The van der Waals surface area contributed by atoms with Crippen LogP contribution >= 0.6 is 23.5 Å². The molecule has 0 atom stereocenters. The topological polar surface area (TPSA) is 36.8 Å². The number of ether oxygens (including phenoxy) is 1. The maximum atomic E-state index is 6.73. The molecule has 5 heterocycles. The molecule has 0 unspecified atom stereocenters. The van der Waals surface area contributed by atoms with E-state index in [9.17, 15) is 0 Å². The maximum absolute atomic E-state index is 6.73. The van der Waals surface area contributed by atoms with Crippen LogP contribution in [0.15, 0.2) is 160 Å². The molecule has 0 radical (unpaired) electrons. The van der Waals surface area contributed by atoms with Gasteiger partial charge in [-0.2, -0.15) is 6.07 Å². The van der Waals surface area contributed by atoms with Crippen molar-refractivity contribution >= 4 is 73.8 Å². The van der Waals surface area contributed by atoms with Crippen LogP contribution in [0.1, 0.15) is 52.7 Å². The molecule has 6 aromatic carbocycles. The molecule has 3 aliphatic rings. The zero-order valence-corrected chi connectivity index (χ0v) is 38.5. The van der Waals surface area contributed by atoms with E-state index in [2.05, 4.69) is 207 Å². The number of fused-ring (bicyclic) bond motifs is 7. The monoisotopic (exact) mass is 1010 g/mol. The van der Waals surface area contributed by atoms with E-state index >= 15 is 0 Å². The Hall–Kier alpha value is -5.40. The van der Waals surface area contributed by atoms with Gasteiger partial charge in [0.25, 0.3) is 0 Å².